The van der Waals surface area contributed by atoms with Crippen LogP contribution in [0.2, 0.25) is 0 Å². The number of hydrogen-bond donors (Lipinski definition) is 2. The van der Waals surface area contributed by atoms with Gasteiger partial charge in [0.15, 0.2) is 0 Å². The summed E-state index contributed by atoms with van der Waals surface area (Å²) < 4.78 is 10.4. The van der Waals surface area contributed by atoms with E-state index in [-0.39, 0.29) is 6.42 Å². The first-order valence-corrected chi connectivity index (χ1v) is 6.03. The van der Waals surface area contributed by atoms with E-state index in [4.69, 9.17) is 14.6 Å². The average Bonchev–Trinajstić information content (AvgIpc) is 2.61. The molecule has 0 aromatic carbocycles. The zero-order valence-electron chi connectivity index (χ0n) is 11.1. The summed E-state index contributed by atoms with van der Waals surface area (Å²) in [6, 6.07) is 0. The monoisotopic (exact) mass is 259 g/mol. The molecule has 0 bridgehead atoms. The van der Waals surface area contributed by atoms with Gasteiger partial charge in [-0.2, -0.15) is 0 Å². The second-order valence-electron chi connectivity index (χ2n) is 5.60. The van der Waals surface area contributed by atoms with Crippen LogP contribution in [0.15, 0.2) is 0 Å². The molecular weight excluding hydrogens is 238 g/mol. The number of aliphatic carboxylic acids is 1. The zero-order valence-corrected chi connectivity index (χ0v) is 11.1. The summed E-state index contributed by atoms with van der Waals surface area (Å²) in [5.74, 6) is -0.882. The van der Waals surface area contributed by atoms with Crippen molar-refractivity contribution in [1.29, 1.82) is 0 Å². The Bertz CT molecular complexity index is 315. The second-order valence-corrected chi connectivity index (χ2v) is 5.60. The summed E-state index contributed by atoms with van der Waals surface area (Å²) in [7, 11) is 0. The largest absolute Gasteiger partial charge is 0.481 e. The molecule has 1 aliphatic heterocycles. The second kappa shape index (κ2) is 5.56. The van der Waals surface area contributed by atoms with Gasteiger partial charge in [0, 0.05) is 13.0 Å². The first-order valence-electron chi connectivity index (χ1n) is 6.03. The minimum absolute atomic E-state index is 0.000835. The van der Waals surface area contributed by atoms with Crippen LogP contribution in [-0.4, -0.2) is 41.5 Å². The van der Waals surface area contributed by atoms with Gasteiger partial charge in [-0.25, -0.2) is 4.79 Å². The minimum atomic E-state index is -0.882. The molecule has 0 aromatic heterocycles. The number of carboxylic acid groups (broad SMARTS) is 1. The molecule has 1 saturated heterocycles. The Balaban J connectivity index is 2.57. The van der Waals surface area contributed by atoms with Crippen molar-refractivity contribution in [2.75, 3.05) is 13.2 Å². The van der Waals surface area contributed by atoms with Gasteiger partial charge in [0.05, 0.1) is 12.1 Å². The van der Waals surface area contributed by atoms with E-state index in [0.717, 1.165) is 0 Å². The number of alkyl carbamates (subject to hydrolysis) is 1. The lowest BCUT2D eigenvalue weighted by Crippen LogP contribution is -2.50. The summed E-state index contributed by atoms with van der Waals surface area (Å²) in [4.78, 5) is 22.4. The number of carbonyl (C=O) groups excluding carboxylic acids is 1. The van der Waals surface area contributed by atoms with Crippen molar-refractivity contribution in [2.24, 2.45) is 0 Å². The number of carboxylic acids is 1. The predicted octanol–water partition coefficient (Wildman–Crippen LogP) is 1.53. The number of carbonyl (C=O) groups is 2. The standard InChI is InChI=1S/C12H21NO5/c1-11(2,3)18-10(16)13-12(5-4-9(14)15)6-7-17-8-12/h4-8H2,1-3H3,(H,13,16)(H,14,15). The third-order valence-electron chi connectivity index (χ3n) is 2.69. The molecule has 0 saturated carbocycles. The Kier molecular flexibility index (Phi) is 4.56. The molecule has 1 unspecified atom stereocenters. The topological polar surface area (TPSA) is 84.9 Å². The van der Waals surface area contributed by atoms with Gasteiger partial charge in [-0.15, -0.1) is 0 Å². The zero-order chi connectivity index (χ0) is 13.8. The van der Waals surface area contributed by atoms with Crippen molar-refractivity contribution in [1.82, 2.24) is 5.32 Å². The van der Waals surface area contributed by atoms with E-state index in [0.29, 0.717) is 26.1 Å². The molecule has 2 N–H and O–H groups in total. The van der Waals surface area contributed by atoms with E-state index in [1.807, 2.05) is 0 Å². The molecule has 1 amide bonds. The van der Waals surface area contributed by atoms with Gasteiger partial charge in [-0.3, -0.25) is 4.79 Å². The van der Waals surface area contributed by atoms with Crippen LogP contribution in [0.5, 0.6) is 0 Å². The SMILES string of the molecule is CC(C)(C)OC(=O)NC1(CCC(=O)O)CCOC1. The Morgan fingerprint density at radius 3 is 2.56 bits per heavy atom. The van der Waals surface area contributed by atoms with Crippen LogP contribution in [0.25, 0.3) is 0 Å². The van der Waals surface area contributed by atoms with Crippen LogP contribution in [0.1, 0.15) is 40.0 Å². The molecule has 0 aliphatic carbocycles. The molecule has 0 aromatic rings. The maximum atomic E-state index is 11.7. The first-order chi connectivity index (χ1) is 8.22. The van der Waals surface area contributed by atoms with E-state index in [1.165, 1.54) is 0 Å². The van der Waals surface area contributed by atoms with E-state index in [1.54, 1.807) is 20.8 Å². The number of amides is 1. The fraction of sp³-hybridized carbons (Fsp3) is 0.833. The highest BCUT2D eigenvalue weighted by Gasteiger charge is 2.37. The number of rotatable bonds is 4. The summed E-state index contributed by atoms with van der Waals surface area (Å²) in [5.41, 5.74) is -1.18. The van der Waals surface area contributed by atoms with Gasteiger partial charge >= 0.3 is 12.1 Å². The highest BCUT2D eigenvalue weighted by molar-refractivity contribution is 5.70. The van der Waals surface area contributed by atoms with Gasteiger partial charge in [-0.1, -0.05) is 0 Å². The minimum Gasteiger partial charge on any atom is -0.481 e. The fourth-order valence-corrected chi connectivity index (χ4v) is 1.83. The lowest BCUT2D eigenvalue weighted by Gasteiger charge is -2.30. The van der Waals surface area contributed by atoms with Crippen LogP contribution in [0, 0.1) is 0 Å². The average molecular weight is 259 g/mol. The van der Waals surface area contributed by atoms with E-state index in [2.05, 4.69) is 5.32 Å². The molecule has 0 spiro atoms. The smallest absolute Gasteiger partial charge is 0.408 e. The Hall–Kier alpha value is -1.30. The lowest BCUT2D eigenvalue weighted by molar-refractivity contribution is -0.137. The van der Waals surface area contributed by atoms with Crippen LogP contribution >= 0.6 is 0 Å². The van der Waals surface area contributed by atoms with Gasteiger partial charge in [0.1, 0.15) is 5.60 Å². The van der Waals surface area contributed by atoms with Crippen LogP contribution in [-0.2, 0) is 14.3 Å². The molecule has 1 aliphatic rings. The molecule has 1 atom stereocenters. The van der Waals surface area contributed by atoms with Crippen molar-refractivity contribution in [2.45, 2.75) is 51.2 Å². The highest BCUT2D eigenvalue weighted by atomic mass is 16.6. The summed E-state index contributed by atoms with van der Waals surface area (Å²) >= 11 is 0. The van der Waals surface area contributed by atoms with Crippen molar-refractivity contribution < 1.29 is 24.2 Å². The van der Waals surface area contributed by atoms with Crippen molar-refractivity contribution >= 4 is 12.1 Å². The molecule has 6 heteroatoms. The van der Waals surface area contributed by atoms with Crippen LogP contribution in [0.4, 0.5) is 4.79 Å². The third kappa shape index (κ3) is 4.91. The quantitative estimate of drug-likeness (QED) is 0.799. The Morgan fingerprint density at radius 1 is 1.44 bits per heavy atom. The Morgan fingerprint density at radius 2 is 2.11 bits per heavy atom. The maximum absolute atomic E-state index is 11.7. The Labute approximate surface area is 107 Å². The molecule has 1 fully saturated rings. The normalized spacial score (nSPS) is 23.7. The van der Waals surface area contributed by atoms with E-state index in [9.17, 15) is 9.59 Å². The van der Waals surface area contributed by atoms with Gasteiger partial charge in [-0.05, 0) is 33.6 Å². The third-order valence-corrected chi connectivity index (χ3v) is 2.69. The van der Waals surface area contributed by atoms with Crippen molar-refractivity contribution in [3.05, 3.63) is 0 Å². The van der Waals surface area contributed by atoms with E-state index < -0.39 is 23.2 Å². The van der Waals surface area contributed by atoms with Crippen molar-refractivity contribution in [3.8, 4) is 0 Å². The molecule has 1 rings (SSSR count). The number of hydrogen-bond acceptors (Lipinski definition) is 4. The fourth-order valence-electron chi connectivity index (χ4n) is 1.83. The molecular formula is C12H21NO5. The molecule has 104 valence electrons. The molecule has 0 radical (unpaired) electrons. The van der Waals surface area contributed by atoms with Gasteiger partial charge in [0.2, 0.25) is 0 Å². The molecule has 1 heterocycles. The predicted molar refractivity (Wildman–Crippen MR) is 64.4 cm³/mol. The van der Waals surface area contributed by atoms with Crippen LogP contribution < -0.4 is 5.32 Å². The maximum Gasteiger partial charge on any atom is 0.408 e. The molecule has 18 heavy (non-hydrogen) atoms. The van der Waals surface area contributed by atoms with Crippen LogP contribution in [0.3, 0.4) is 0 Å². The summed E-state index contributed by atoms with van der Waals surface area (Å²) in [6.45, 7) is 6.19. The lowest BCUT2D eigenvalue weighted by atomic mass is 9.93. The first kappa shape index (κ1) is 14.8. The van der Waals surface area contributed by atoms with Gasteiger partial charge < -0.3 is 19.9 Å². The van der Waals surface area contributed by atoms with Crippen molar-refractivity contribution in [3.63, 3.8) is 0 Å². The van der Waals surface area contributed by atoms with E-state index >= 15 is 0 Å². The number of ether oxygens (including phenoxy) is 2. The summed E-state index contributed by atoms with van der Waals surface area (Å²) in [5, 5.41) is 11.5. The summed E-state index contributed by atoms with van der Waals surface area (Å²) in [6.07, 6.45) is 0.429. The molecule has 6 nitrogen and oxygen atoms in total. The van der Waals surface area contributed by atoms with Gasteiger partial charge in [0.25, 0.3) is 0 Å². The highest BCUT2D eigenvalue weighted by Crippen LogP contribution is 2.25. The number of nitrogens with one attached hydrogen (secondary N) is 1.